The van der Waals surface area contributed by atoms with Crippen molar-refractivity contribution in [1.29, 1.82) is 0 Å². The van der Waals surface area contributed by atoms with E-state index in [1.165, 1.54) is 5.56 Å². The molecule has 3 heteroatoms. The Hall–Kier alpha value is -2.00. The zero-order valence-corrected chi connectivity index (χ0v) is 13.9. The topological polar surface area (TPSA) is 38.7 Å². The fourth-order valence-electron chi connectivity index (χ4n) is 2.31. The highest BCUT2D eigenvalue weighted by Gasteiger charge is 2.24. The van der Waals surface area contributed by atoms with E-state index < -0.39 is 5.79 Å². The van der Waals surface area contributed by atoms with Gasteiger partial charge in [0.25, 0.3) is 0 Å². The SMILES string of the molecule is COC(C)(C)Oc1ccc(C(C)(C)c2ccc(O)cc2)cc1. The minimum atomic E-state index is -0.645. The number of benzene rings is 2. The van der Waals surface area contributed by atoms with Crippen LogP contribution in [0.3, 0.4) is 0 Å². The Morgan fingerprint density at radius 3 is 1.68 bits per heavy atom. The van der Waals surface area contributed by atoms with Gasteiger partial charge < -0.3 is 14.6 Å². The standard InChI is InChI=1S/C19H24O3/c1-18(2,14-6-10-16(20)11-7-14)15-8-12-17(13-9-15)22-19(3,4)21-5/h6-13,20H,1-5H3. The van der Waals surface area contributed by atoms with Gasteiger partial charge in [0.05, 0.1) is 0 Å². The van der Waals surface area contributed by atoms with Crippen LogP contribution >= 0.6 is 0 Å². The van der Waals surface area contributed by atoms with Crippen LogP contribution in [-0.4, -0.2) is 18.0 Å². The molecule has 22 heavy (non-hydrogen) atoms. The van der Waals surface area contributed by atoms with Crippen molar-refractivity contribution in [2.45, 2.75) is 38.9 Å². The molecule has 0 aliphatic carbocycles. The van der Waals surface area contributed by atoms with Crippen molar-refractivity contribution in [2.24, 2.45) is 0 Å². The largest absolute Gasteiger partial charge is 0.508 e. The Labute approximate surface area is 132 Å². The van der Waals surface area contributed by atoms with Gasteiger partial charge in [0, 0.05) is 26.4 Å². The Balaban J connectivity index is 2.23. The molecule has 0 aliphatic heterocycles. The van der Waals surface area contributed by atoms with E-state index >= 15 is 0 Å². The molecule has 118 valence electrons. The molecule has 0 heterocycles. The van der Waals surface area contributed by atoms with Gasteiger partial charge >= 0.3 is 0 Å². The first-order valence-corrected chi connectivity index (χ1v) is 7.39. The number of aromatic hydroxyl groups is 1. The summed E-state index contributed by atoms with van der Waals surface area (Å²) in [5, 5.41) is 9.43. The molecule has 0 aliphatic rings. The third kappa shape index (κ3) is 3.60. The Morgan fingerprint density at radius 1 is 0.773 bits per heavy atom. The van der Waals surface area contributed by atoms with Gasteiger partial charge in [-0.1, -0.05) is 38.1 Å². The molecule has 0 saturated heterocycles. The summed E-state index contributed by atoms with van der Waals surface area (Å²) in [6.45, 7) is 8.07. The van der Waals surface area contributed by atoms with Crippen LogP contribution < -0.4 is 4.74 Å². The van der Waals surface area contributed by atoms with E-state index in [1.54, 1.807) is 19.2 Å². The molecule has 0 unspecified atom stereocenters. The van der Waals surface area contributed by atoms with Gasteiger partial charge in [-0.05, 0) is 35.4 Å². The summed E-state index contributed by atoms with van der Waals surface area (Å²) in [5.41, 5.74) is 2.18. The van der Waals surface area contributed by atoms with Gasteiger partial charge in [0.1, 0.15) is 11.5 Å². The predicted molar refractivity (Wildman–Crippen MR) is 88.4 cm³/mol. The molecule has 0 atom stereocenters. The Morgan fingerprint density at radius 2 is 1.23 bits per heavy atom. The third-order valence-electron chi connectivity index (χ3n) is 4.02. The predicted octanol–water partition coefficient (Wildman–Crippen LogP) is 4.48. The average Bonchev–Trinajstić information content (AvgIpc) is 2.48. The normalized spacial score (nSPS) is 12.2. The molecule has 2 rings (SSSR count). The van der Waals surface area contributed by atoms with E-state index in [-0.39, 0.29) is 11.2 Å². The zero-order chi connectivity index (χ0) is 16.4. The van der Waals surface area contributed by atoms with Crippen LogP contribution in [0.1, 0.15) is 38.8 Å². The third-order valence-corrected chi connectivity index (χ3v) is 4.02. The van der Waals surface area contributed by atoms with Gasteiger partial charge in [-0.15, -0.1) is 0 Å². The van der Waals surface area contributed by atoms with E-state index in [1.807, 2.05) is 38.1 Å². The summed E-state index contributed by atoms with van der Waals surface area (Å²) in [5.74, 6) is 0.413. The quantitative estimate of drug-likeness (QED) is 0.827. The number of hydrogen-bond donors (Lipinski definition) is 1. The lowest BCUT2D eigenvalue weighted by atomic mass is 9.78. The molecule has 0 saturated carbocycles. The van der Waals surface area contributed by atoms with Gasteiger partial charge in [-0.2, -0.15) is 0 Å². The van der Waals surface area contributed by atoms with E-state index in [2.05, 4.69) is 26.0 Å². The van der Waals surface area contributed by atoms with Gasteiger partial charge in [0.15, 0.2) is 0 Å². The molecule has 3 nitrogen and oxygen atoms in total. The molecule has 0 aromatic heterocycles. The lowest BCUT2D eigenvalue weighted by Crippen LogP contribution is -2.30. The second-order valence-electron chi connectivity index (χ2n) is 6.40. The maximum Gasteiger partial charge on any atom is 0.204 e. The maximum absolute atomic E-state index is 9.43. The van der Waals surface area contributed by atoms with Gasteiger partial charge in [-0.25, -0.2) is 0 Å². The molecule has 1 N–H and O–H groups in total. The van der Waals surface area contributed by atoms with Crippen LogP contribution in [0.25, 0.3) is 0 Å². The highest BCUT2D eigenvalue weighted by Crippen LogP contribution is 2.33. The smallest absolute Gasteiger partial charge is 0.204 e. The fraction of sp³-hybridized carbons (Fsp3) is 0.368. The van der Waals surface area contributed by atoms with E-state index in [9.17, 15) is 5.11 Å². The van der Waals surface area contributed by atoms with Crippen LogP contribution in [-0.2, 0) is 10.2 Å². The zero-order valence-electron chi connectivity index (χ0n) is 13.9. The molecule has 2 aromatic carbocycles. The molecule has 2 aromatic rings. The number of ether oxygens (including phenoxy) is 2. The van der Waals surface area contributed by atoms with E-state index in [0.717, 1.165) is 11.3 Å². The summed E-state index contributed by atoms with van der Waals surface area (Å²) in [6.07, 6.45) is 0. The van der Waals surface area contributed by atoms with Crippen LogP contribution in [0.4, 0.5) is 0 Å². The van der Waals surface area contributed by atoms with Crippen molar-refractivity contribution in [3.63, 3.8) is 0 Å². The first kappa shape index (κ1) is 16.4. The van der Waals surface area contributed by atoms with Crippen LogP contribution in [0.5, 0.6) is 11.5 Å². The second kappa shape index (κ2) is 6.01. The minimum absolute atomic E-state index is 0.150. The monoisotopic (exact) mass is 300 g/mol. The number of methoxy groups -OCH3 is 1. The van der Waals surface area contributed by atoms with E-state index in [4.69, 9.17) is 9.47 Å². The maximum atomic E-state index is 9.43. The highest BCUT2D eigenvalue weighted by molar-refractivity contribution is 5.41. The summed E-state index contributed by atoms with van der Waals surface area (Å²) >= 11 is 0. The molecule has 0 fully saturated rings. The Bertz CT molecular complexity index is 610. The lowest BCUT2D eigenvalue weighted by molar-refractivity contribution is -0.134. The van der Waals surface area contributed by atoms with Crippen molar-refractivity contribution in [2.75, 3.05) is 7.11 Å². The molecule has 0 radical (unpaired) electrons. The first-order valence-electron chi connectivity index (χ1n) is 7.39. The summed E-state index contributed by atoms with van der Waals surface area (Å²) in [6, 6.07) is 15.4. The van der Waals surface area contributed by atoms with Crippen LogP contribution in [0, 0.1) is 0 Å². The molecular formula is C19H24O3. The molecule has 0 amide bonds. The van der Waals surface area contributed by atoms with Crippen molar-refractivity contribution < 1.29 is 14.6 Å². The van der Waals surface area contributed by atoms with Gasteiger partial charge in [-0.3, -0.25) is 0 Å². The number of rotatable bonds is 5. The van der Waals surface area contributed by atoms with Crippen molar-refractivity contribution >= 4 is 0 Å². The van der Waals surface area contributed by atoms with Crippen LogP contribution in [0.15, 0.2) is 48.5 Å². The minimum Gasteiger partial charge on any atom is -0.508 e. The number of hydrogen-bond acceptors (Lipinski definition) is 3. The number of phenols is 1. The summed E-state index contributed by atoms with van der Waals surface area (Å²) in [7, 11) is 1.63. The number of phenolic OH excluding ortho intramolecular Hbond substituents is 1. The average molecular weight is 300 g/mol. The first-order chi connectivity index (χ1) is 10.2. The summed E-state index contributed by atoms with van der Waals surface area (Å²) < 4.78 is 11.1. The highest BCUT2D eigenvalue weighted by atomic mass is 16.7. The van der Waals surface area contributed by atoms with Crippen molar-refractivity contribution in [3.05, 3.63) is 59.7 Å². The van der Waals surface area contributed by atoms with Crippen molar-refractivity contribution in [1.82, 2.24) is 0 Å². The van der Waals surface area contributed by atoms with Crippen molar-refractivity contribution in [3.8, 4) is 11.5 Å². The fourth-order valence-corrected chi connectivity index (χ4v) is 2.31. The van der Waals surface area contributed by atoms with E-state index in [0.29, 0.717) is 0 Å². The van der Waals surface area contributed by atoms with Gasteiger partial charge in [0.2, 0.25) is 5.79 Å². The summed E-state index contributed by atoms with van der Waals surface area (Å²) in [4.78, 5) is 0. The molecule has 0 spiro atoms. The Kier molecular flexibility index (Phi) is 4.47. The molecular weight excluding hydrogens is 276 g/mol. The molecule has 0 bridgehead atoms. The van der Waals surface area contributed by atoms with Crippen LogP contribution in [0.2, 0.25) is 0 Å². The second-order valence-corrected chi connectivity index (χ2v) is 6.40. The lowest BCUT2D eigenvalue weighted by Gasteiger charge is -2.28.